The summed E-state index contributed by atoms with van der Waals surface area (Å²) in [6.07, 6.45) is 7.77. The summed E-state index contributed by atoms with van der Waals surface area (Å²) in [4.78, 5) is 0. The molecule has 0 spiro atoms. The lowest BCUT2D eigenvalue weighted by Crippen LogP contribution is -1.85. The van der Waals surface area contributed by atoms with E-state index in [1.165, 1.54) is 12.5 Å². The molecule has 0 radical (unpaired) electrons. The lowest BCUT2D eigenvalue weighted by atomic mass is 10.2. The average Bonchev–Trinajstić information content (AvgIpc) is 2.20. The monoisotopic (exact) mass is 202 g/mol. The van der Waals surface area contributed by atoms with E-state index in [9.17, 15) is 0 Å². The first kappa shape index (κ1) is 15.7. The minimum Gasteiger partial charge on any atom is -0.474 e. The third-order valence-electron chi connectivity index (χ3n) is 1.51. The molecule has 0 heterocycles. The highest BCUT2D eigenvalue weighted by molar-refractivity contribution is 4.57. The largest absolute Gasteiger partial charge is 0.474 e. The maximum atomic E-state index is 8.37. The Kier molecular flexibility index (Phi) is 20.2. The van der Waals surface area contributed by atoms with Crippen LogP contribution in [0.2, 0.25) is 0 Å². The SMILES string of the molecule is C=COC=C.OCCCCCCCO. The Morgan fingerprint density at radius 3 is 1.36 bits per heavy atom. The van der Waals surface area contributed by atoms with Crippen molar-refractivity contribution < 1.29 is 14.9 Å². The maximum absolute atomic E-state index is 8.37. The lowest BCUT2D eigenvalue weighted by Gasteiger charge is -1.95. The Morgan fingerprint density at radius 2 is 1.14 bits per heavy atom. The van der Waals surface area contributed by atoms with Crippen LogP contribution < -0.4 is 0 Å². The van der Waals surface area contributed by atoms with E-state index >= 15 is 0 Å². The van der Waals surface area contributed by atoms with Crippen LogP contribution in [-0.4, -0.2) is 23.4 Å². The Hall–Kier alpha value is -0.800. The van der Waals surface area contributed by atoms with E-state index in [-0.39, 0.29) is 0 Å². The highest BCUT2D eigenvalue weighted by Gasteiger charge is 1.86. The molecule has 0 aliphatic heterocycles. The molecule has 0 rings (SSSR count). The fourth-order valence-electron chi connectivity index (χ4n) is 0.822. The summed E-state index contributed by atoms with van der Waals surface area (Å²) < 4.78 is 4.36. The first-order valence-corrected chi connectivity index (χ1v) is 4.92. The van der Waals surface area contributed by atoms with Gasteiger partial charge < -0.3 is 14.9 Å². The standard InChI is InChI=1S/C7H16O2.C4H6O/c8-6-4-2-1-3-5-7-9;1-3-5-4-2/h8-9H,1-7H2;3-4H,1-2H2. The maximum Gasteiger partial charge on any atom is 0.0829 e. The van der Waals surface area contributed by atoms with E-state index in [4.69, 9.17) is 10.2 Å². The first-order chi connectivity index (χ1) is 6.83. The van der Waals surface area contributed by atoms with Gasteiger partial charge >= 0.3 is 0 Å². The predicted octanol–water partition coefficient (Wildman–Crippen LogP) is 2.21. The van der Waals surface area contributed by atoms with Crippen molar-refractivity contribution in [2.75, 3.05) is 13.2 Å². The minimum absolute atomic E-state index is 0.305. The van der Waals surface area contributed by atoms with Gasteiger partial charge in [0.15, 0.2) is 0 Å². The topological polar surface area (TPSA) is 49.7 Å². The van der Waals surface area contributed by atoms with Gasteiger partial charge in [0, 0.05) is 13.2 Å². The van der Waals surface area contributed by atoms with Crippen LogP contribution in [-0.2, 0) is 4.74 Å². The molecule has 3 nitrogen and oxygen atoms in total. The normalized spacial score (nSPS) is 8.43. The molecule has 0 aliphatic carbocycles. The van der Waals surface area contributed by atoms with Crippen LogP contribution in [0.3, 0.4) is 0 Å². The number of hydrogen-bond donors (Lipinski definition) is 2. The second-order valence-corrected chi connectivity index (χ2v) is 2.68. The van der Waals surface area contributed by atoms with Gasteiger partial charge in [0.2, 0.25) is 0 Å². The van der Waals surface area contributed by atoms with Crippen molar-refractivity contribution in [1.29, 1.82) is 0 Å². The second-order valence-electron chi connectivity index (χ2n) is 2.68. The smallest absolute Gasteiger partial charge is 0.0829 e. The zero-order chi connectivity index (χ0) is 11.1. The average molecular weight is 202 g/mol. The highest BCUT2D eigenvalue weighted by atomic mass is 16.5. The molecule has 0 aromatic rings. The summed E-state index contributed by atoms with van der Waals surface area (Å²) in [5.74, 6) is 0. The summed E-state index contributed by atoms with van der Waals surface area (Å²) in [5, 5.41) is 16.7. The zero-order valence-corrected chi connectivity index (χ0v) is 8.82. The number of rotatable bonds is 8. The number of aliphatic hydroxyl groups excluding tert-OH is 2. The number of hydrogen-bond acceptors (Lipinski definition) is 3. The van der Waals surface area contributed by atoms with E-state index in [1.807, 2.05) is 0 Å². The Morgan fingerprint density at radius 1 is 0.786 bits per heavy atom. The molecule has 14 heavy (non-hydrogen) atoms. The molecule has 3 heteroatoms. The fourth-order valence-corrected chi connectivity index (χ4v) is 0.822. The van der Waals surface area contributed by atoms with E-state index in [1.54, 1.807) is 0 Å². The molecular formula is C11H22O3. The summed E-state index contributed by atoms with van der Waals surface area (Å²) in [5.41, 5.74) is 0. The van der Waals surface area contributed by atoms with Crippen molar-refractivity contribution in [2.24, 2.45) is 0 Å². The Labute approximate surface area is 86.7 Å². The molecule has 0 unspecified atom stereocenters. The van der Waals surface area contributed by atoms with Crippen LogP contribution in [0.25, 0.3) is 0 Å². The van der Waals surface area contributed by atoms with Crippen molar-refractivity contribution in [1.82, 2.24) is 0 Å². The second kappa shape index (κ2) is 18.1. The third kappa shape index (κ3) is 22.5. The third-order valence-corrected chi connectivity index (χ3v) is 1.51. The lowest BCUT2D eigenvalue weighted by molar-refractivity contribution is 0.272. The Balaban J connectivity index is 0. The van der Waals surface area contributed by atoms with Gasteiger partial charge in [0.05, 0.1) is 12.5 Å². The van der Waals surface area contributed by atoms with Crippen LogP contribution in [0.5, 0.6) is 0 Å². The van der Waals surface area contributed by atoms with Gasteiger partial charge in [-0.25, -0.2) is 0 Å². The van der Waals surface area contributed by atoms with Gasteiger partial charge in [-0.2, -0.15) is 0 Å². The molecule has 84 valence electrons. The van der Waals surface area contributed by atoms with Gasteiger partial charge in [-0.15, -0.1) is 0 Å². The summed E-state index contributed by atoms with van der Waals surface area (Å²) in [6, 6.07) is 0. The van der Waals surface area contributed by atoms with Gasteiger partial charge in [0.25, 0.3) is 0 Å². The highest BCUT2D eigenvalue weighted by Crippen LogP contribution is 2.00. The summed E-state index contributed by atoms with van der Waals surface area (Å²) in [6.45, 7) is 7.12. The molecule has 0 aromatic carbocycles. The zero-order valence-electron chi connectivity index (χ0n) is 8.82. The van der Waals surface area contributed by atoms with Crippen molar-refractivity contribution in [3.05, 3.63) is 25.7 Å². The van der Waals surface area contributed by atoms with Crippen LogP contribution >= 0.6 is 0 Å². The predicted molar refractivity (Wildman–Crippen MR) is 58.7 cm³/mol. The van der Waals surface area contributed by atoms with E-state index in [0.717, 1.165) is 32.1 Å². The number of ether oxygens (including phenoxy) is 1. The minimum atomic E-state index is 0.305. The van der Waals surface area contributed by atoms with Crippen molar-refractivity contribution in [3.63, 3.8) is 0 Å². The van der Waals surface area contributed by atoms with Gasteiger partial charge in [0.1, 0.15) is 0 Å². The van der Waals surface area contributed by atoms with Crippen molar-refractivity contribution in [3.8, 4) is 0 Å². The summed E-state index contributed by atoms with van der Waals surface area (Å²) >= 11 is 0. The van der Waals surface area contributed by atoms with Crippen LogP contribution in [0, 0.1) is 0 Å². The molecule has 0 amide bonds. The molecule has 2 N–H and O–H groups in total. The van der Waals surface area contributed by atoms with Gasteiger partial charge in [-0.1, -0.05) is 32.4 Å². The van der Waals surface area contributed by atoms with E-state index in [0.29, 0.717) is 13.2 Å². The quantitative estimate of drug-likeness (QED) is 0.468. The van der Waals surface area contributed by atoms with Crippen LogP contribution in [0.15, 0.2) is 25.7 Å². The molecule has 0 aliphatic rings. The van der Waals surface area contributed by atoms with E-state index in [2.05, 4.69) is 17.9 Å². The van der Waals surface area contributed by atoms with Crippen molar-refractivity contribution in [2.45, 2.75) is 32.1 Å². The molecular weight excluding hydrogens is 180 g/mol. The van der Waals surface area contributed by atoms with Crippen LogP contribution in [0.1, 0.15) is 32.1 Å². The first-order valence-electron chi connectivity index (χ1n) is 4.92. The summed E-state index contributed by atoms with van der Waals surface area (Å²) in [7, 11) is 0. The number of aliphatic hydroxyl groups is 2. The number of unbranched alkanes of at least 4 members (excludes halogenated alkanes) is 4. The van der Waals surface area contributed by atoms with Crippen LogP contribution in [0.4, 0.5) is 0 Å². The molecule has 0 atom stereocenters. The molecule has 0 saturated heterocycles. The fraction of sp³-hybridized carbons (Fsp3) is 0.636. The Bertz CT molecular complexity index is 101. The molecule has 0 bridgehead atoms. The van der Waals surface area contributed by atoms with Gasteiger partial charge in [-0.05, 0) is 12.8 Å². The van der Waals surface area contributed by atoms with Crippen molar-refractivity contribution >= 4 is 0 Å². The molecule has 0 aromatic heterocycles. The molecule has 0 saturated carbocycles. The van der Waals surface area contributed by atoms with Gasteiger partial charge in [-0.3, -0.25) is 0 Å². The van der Waals surface area contributed by atoms with E-state index < -0.39 is 0 Å². The molecule has 0 fully saturated rings.